The van der Waals surface area contributed by atoms with Gasteiger partial charge >= 0.3 is 0 Å². The van der Waals surface area contributed by atoms with Gasteiger partial charge in [0.05, 0.1) is 19.1 Å². The molecule has 0 radical (unpaired) electrons. The minimum Gasteiger partial charge on any atom is -0.495 e. The van der Waals surface area contributed by atoms with Crippen LogP contribution in [0.4, 0.5) is 0 Å². The molecule has 2 heterocycles. The predicted octanol–water partition coefficient (Wildman–Crippen LogP) is 3.16. The molecule has 0 bridgehead atoms. The number of ether oxygens (including phenoxy) is 1. The van der Waals surface area contributed by atoms with Crippen LogP contribution < -0.4 is 9.46 Å². The lowest BCUT2D eigenvalue weighted by atomic mass is 10.1. The largest absolute Gasteiger partial charge is 0.495 e. The van der Waals surface area contributed by atoms with Crippen molar-refractivity contribution in [1.29, 1.82) is 0 Å². The van der Waals surface area contributed by atoms with Crippen molar-refractivity contribution in [2.75, 3.05) is 13.7 Å². The summed E-state index contributed by atoms with van der Waals surface area (Å²) >= 11 is 0. The van der Waals surface area contributed by atoms with Gasteiger partial charge in [0.15, 0.2) is 5.76 Å². The molecule has 1 aromatic carbocycles. The maximum atomic E-state index is 12.7. The van der Waals surface area contributed by atoms with Gasteiger partial charge in [0.1, 0.15) is 16.4 Å². The van der Waals surface area contributed by atoms with Crippen LogP contribution in [0, 0.1) is 6.92 Å². The molecule has 0 saturated carbocycles. The Kier molecular flexibility index (Phi) is 5.43. The SMILES string of the molecule is COc1ccc(-c2cc(C)no2)cc1S(=O)(=O)NCCCc1ccco1. The van der Waals surface area contributed by atoms with Gasteiger partial charge in [-0.05, 0) is 43.7 Å². The van der Waals surface area contributed by atoms with E-state index in [1.807, 2.05) is 6.07 Å². The van der Waals surface area contributed by atoms with E-state index in [1.54, 1.807) is 37.5 Å². The van der Waals surface area contributed by atoms with Gasteiger partial charge in [-0.1, -0.05) is 5.16 Å². The summed E-state index contributed by atoms with van der Waals surface area (Å²) in [5, 5.41) is 3.83. The number of aromatic nitrogens is 1. The van der Waals surface area contributed by atoms with Crippen LogP contribution in [0.15, 0.2) is 56.5 Å². The summed E-state index contributed by atoms with van der Waals surface area (Å²) in [6, 6.07) is 10.3. The van der Waals surface area contributed by atoms with Crippen LogP contribution >= 0.6 is 0 Å². The van der Waals surface area contributed by atoms with Gasteiger partial charge in [0.25, 0.3) is 0 Å². The molecule has 0 unspecified atom stereocenters. The second-order valence-electron chi connectivity index (χ2n) is 5.78. The average molecular weight is 376 g/mol. The molecule has 0 fully saturated rings. The van der Waals surface area contributed by atoms with Crippen molar-refractivity contribution in [3.63, 3.8) is 0 Å². The van der Waals surface area contributed by atoms with E-state index in [9.17, 15) is 8.42 Å². The highest BCUT2D eigenvalue weighted by molar-refractivity contribution is 7.89. The van der Waals surface area contributed by atoms with Gasteiger partial charge in [-0.25, -0.2) is 13.1 Å². The van der Waals surface area contributed by atoms with Gasteiger partial charge in [0.2, 0.25) is 10.0 Å². The Balaban J connectivity index is 1.76. The maximum Gasteiger partial charge on any atom is 0.244 e. The first-order chi connectivity index (χ1) is 12.5. The first-order valence-electron chi connectivity index (χ1n) is 8.13. The van der Waals surface area contributed by atoms with Crippen molar-refractivity contribution in [2.24, 2.45) is 0 Å². The van der Waals surface area contributed by atoms with Gasteiger partial charge < -0.3 is 13.7 Å². The van der Waals surface area contributed by atoms with Crippen molar-refractivity contribution in [3.05, 3.63) is 54.1 Å². The van der Waals surface area contributed by atoms with Crippen molar-refractivity contribution in [3.8, 4) is 17.1 Å². The molecule has 8 heteroatoms. The zero-order chi connectivity index (χ0) is 18.6. The van der Waals surface area contributed by atoms with Crippen LogP contribution in [0.1, 0.15) is 17.9 Å². The molecule has 0 aliphatic rings. The molecule has 0 atom stereocenters. The van der Waals surface area contributed by atoms with E-state index in [1.165, 1.54) is 13.2 Å². The molecule has 138 valence electrons. The Hall–Kier alpha value is -2.58. The van der Waals surface area contributed by atoms with E-state index < -0.39 is 10.0 Å². The molecule has 3 aromatic rings. The predicted molar refractivity (Wildman–Crippen MR) is 95.4 cm³/mol. The topological polar surface area (TPSA) is 94.6 Å². The third-order valence-corrected chi connectivity index (χ3v) is 5.32. The molecule has 0 aliphatic heterocycles. The monoisotopic (exact) mass is 376 g/mol. The Labute approximate surface area is 152 Å². The molecular weight excluding hydrogens is 356 g/mol. The fraction of sp³-hybridized carbons (Fsp3) is 0.278. The van der Waals surface area contributed by atoms with Crippen molar-refractivity contribution in [2.45, 2.75) is 24.7 Å². The number of rotatable bonds is 8. The first kappa shape index (κ1) is 18.2. The smallest absolute Gasteiger partial charge is 0.244 e. The number of hydrogen-bond acceptors (Lipinski definition) is 6. The lowest BCUT2D eigenvalue weighted by Crippen LogP contribution is -2.25. The van der Waals surface area contributed by atoms with Crippen molar-refractivity contribution < 1.29 is 22.1 Å². The van der Waals surface area contributed by atoms with Crippen LogP contribution in [0.2, 0.25) is 0 Å². The number of nitrogens with zero attached hydrogens (tertiary/aromatic N) is 1. The highest BCUT2D eigenvalue weighted by Gasteiger charge is 2.21. The summed E-state index contributed by atoms with van der Waals surface area (Å²) in [4.78, 5) is 0.0598. The third kappa shape index (κ3) is 4.14. The van der Waals surface area contributed by atoms with Crippen LogP contribution in [0.3, 0.4) is 0 Å². The zero-order valence-electron chi connectivity index (χ0n) is 14.6. The number of furan rings is 1. The van der Waals surface area contributed by atoms with E-state index in [-0.39, 0.29) is 17.2 Å². The molecule has 0 saturated heterocycles. The summed E-state index contributed by atoms with van der Waals surface area (Å²) in [6.07, 6.45) is 2.88. The number of methoxy groups -OCH3 is 1. The van der Waals surface area contributed by atoms with E-state index in [0.717, 1.165) is 11.5 Å². The Morgan fingerprint density at radius 1 is 1.23 bits per heavy atom. The quantitative estimate of drug-likeness (QED) is 0.607. The second kappa shape index (κ2) is 7.76. The molecular formula is C18H20N2O5S. The third-order valence-electron chi connectivity index (χ3n) is 3.84. The van der Waals surface area contributed by atoms with Gasteiger partial charge in [-0.15, -0.1) is 0 Å². The van der Waals surface area contributed by atoms with Gasteiger partial charge in [-0.3, -0.25) is 0 Å². The number of benzene rings is 1. The molecule has 3 rings (SSSR count). The zero-order valence-corrected chi connectivity index (χ0v) is 15.4. The molecule has 0 spiro atoms. The second-order valence-corrected chi connectivity index (χ2v) is 7.51. The number of sulfonamides is 1. The average Bonchev–Trinajstić information content (AvgIpc) is 3.30. The van der Waals surface area contributed by atoms with Crippen LogP contribution in [0.25, 0.3) is 11.3 Å². The highest BCUT2D eigenvalue weighted by Crippen LogP contribution is 2.30. The van der Waals surface area contributed by atoms with Crippen molar-refractivity contribution in [1.82, 2.24) is 9.88 Å². The minimum atomic E-state index is -3.74. The lowest BCUT2D eigenvalue weighted by molar-refractivity contribution is 0.402. The van der Waals surface area contributed by atoms with E-state index in [0.29, 0.717) is 24.2 Å². The number of nitrogens with one attached hydrogen (secondary N) is 1. The summed E-state index contributed by atoms with van der Waals surface area (Å²) < 4.78 is 43.7. The van der Waals surface area contributed by atoms with Crippen LogP contribution in [-0.4, -0.2) is 27.2 Å². The lowest BCUT2D eigenvalue weighted by Gasteiger charge is -2.11. The fourth-order valence-electron chi connectivity index (χ4n) is 2.54. The highest BCUT2D eigenvalue weighted by atomic mass is 32.2. The molecule has 2 aromatic heterocycles. The van der Waals surface area contributed by atoms with Crippen molar-refractivity contribution >= 4 is 10.0 Å². The molecule has 26 heavy (non-hydrogen) atoms. The Morgan fingerprint density at radius 3 is 2.73 bits per heavy atom. The molecule has 7 nitrogen and oxygen atoms in total. The van der Waals surface area contributed by atoms with E-state index in [2.05, 4.69) is 9.88 Å². The maximum absolute atomic E-state index is 12.7. The van der Waals surface area contributed by atoms with E-state index in [4.69, 9.17) is 13.7 Å². The summed E-state index contributed by atoms with van der Waals surface area (Å²) in [5.41, 5.74) is 1.33. The normalized spacial score (nSPS) is 11.6. The van der Waals surface area contributed by atoms with Gasteiger partial charge in [0, 0.05) is 24.6 Å². The minimum absolute atomic E-state index is 0.0598. The summed E-state index contributed by atoms with van der Waals surface area (Å²) in [7, 11) is -2.30. The standard InChI is InChI=1S/C18H20N2O5S/c1-13-11-17(25-20-13)14-7-8-16(23-2)18(12-14)26(21,22)19-9-3-5-15-6-4-10-24-15/h4,6-8,10-12,19H,3,5,9H2,1-2H3. The Bertz CT molecular complexity index is 961. The first-order valence-corrected chi connectivity index (χ1v) is 9.62. The van der Waals surface area contributed by atoms with Crippen LogP contribution in [0.5, 0.6) is 5.75 Å². The van der Waals surface area contributed by atoms with Crippen LogP contribution in [-0.2, 0) is 16.4 Å². The number of hydrogen-bond donors (Lipinski definition) is 1. The van der Waals surface area contributed by atoms with E-state index >= 15 is 0 Å². The molecule has 0 amide bonds. The summed E-state index contributed by atoms with van der Waals surface area (Å²) in [6.45, 7) is 2.09. The summed E-state index contributed by atoms with van der Waals surface area (Å²) in [5.74, 6) is 1.59. The molecule has 1 N–H and O–H groups in total. The number of aryl methyl sites for hydroxylation is 2. The molecule has 0 aliphatic carbocycles. The fourth-order valence-corrected chi connectivity index (χ4v) is 3.81. The Morgan fingerprint density at radius 2 is 2.08 bits per heavy atom. The van der Waals surface area contributed by atoms with Gasteiger partial charge in [-0.2, -0.15) is 0 Å².